The van der Waals surface area contributed by atoms with Gasteiger partial charge in [0.1, 0.15) is 0 Å². The normalized spacial score (nSPS) is 31.7. The maximum atomic E-state index is 3.72. The number of piperidine rings is 1. The maximum absolute atomic E-state index is 3.72. The van der Waals surface area contributed by atoms with Crippen molar-refractivity contribution in [2.45, 2.75) is 39.7 Å². The van der Waals surface area contributed by atoms with Crippen LogP contribution in [0.5, 0.6) is 0 Å². The van der Waals surface area contributed by atoms with Crippen LogP contribution in [0, 0.1) is 11.8 Å². The molecule has 0 saturated carbocycles. The average Bonchev–Trinajstić information content (AvgIpc) is 2.16. The van der Waals surface area contributed by atoms with Crippen LogP contribution in [0.3, 0.4) is 0 Å². The molecular formula is C12H26N2. The zero-order valence-electron chi connectivity index (χ0n) is 10.2. The fraction of sp³-hybridized carbons (Fsp3) is 1.00. The van der Waals surface area contributed by atoms with Gasteiger partial charge in [-0.05, 0) is 38.4 Å². The molecule has 1 heterocycles. The fourth-order valence-corrected chi connectivity index (χ4v) is 2.15. The predicted molar refractivity (Wildman–Crippen MR) is 62.5 cm³/mol. The number of nitrogens with one attached hydrogen (secondary N) is 1. The molecule has 1 fully saturated rings. The van der Waals surface area contributed by atoms with Crippen molar-refractivity contribution in [2.75, 3.05) is 26.7 Å². The number of likely N-dealkylation sites (tertiary alicyclic amines) is 1. The molecular weight excluding hydrogens is 172 g/mol. The second kappa shape index (κ2) is 5.72. The lowest BCUT2D eigenvalue weighted by Crippen LogP contribution is -2.47. The first-order valence-corrected chi connectivity index (χ1v) is 6.05. The monoisotopic (exact) mass is 198 g/mol. The van der Waals surface area contributed by atoms with Crippen LogP contribution < -0.4 is 5.32 Å². The van der Waals surface area contributed by atoms with Gasteiger partial charge in [0.05, 0.1) is 0 Å². The highest BCUT2D eigenvalue weighted by molar-refractivity contribution is 4.81. The third kappa shape index (κ3) is 3.58. The maximum Gasteiger partial charge on any atom is 0.0117 e. The van der Waals surface area contributed by atoms with E-state index in [1.807, 2.05) is 0 Å². The van der Waals surface area contributed by atoms with Gasteiger partial charge in [-0.1, -0.05) is 27.2 Å². The molecule has 2 nitrogen and oxygen atoms in total. The van der Waals surface area contributed by atoms with Crippen molar-refractivity contribution in [3.8, 4) is 0 Å². The van der Waals surface area contributed by atoms with Crippen LogP contribution in [0.15, 0.2) is 0 Å². The molecule has 0 aromatic carbocycles. The molecule has 1 rings (SSSR count). The molecule has 0 radical (unpaired) electrons. The minimum atomic E-state index is 0.750. The zero-order chi connectivity index (χ0) is 10.6. The third-order valence-corrected chi connectivity index (χ3v) is 3.53. The van der Waals surface area contributed by atoms with Crippen molar-refractivity contribution >= 4 is 0 Å². The van der Waals surface area contributed by atoms with E-state index in [4.69, 9.17) is 0 Å². The van der Waals surface area contributed by atoms with E-state index >= 15 is 0 Å². The van der Waals surface area contributed by atoms with Crippen molar-refractivity contribution < 1.29 is 0 Å². The topological polar surface area (TPSA) is 15.3 Å². The van der Waals surface area contributed by atoms with Gasteiger partial charge in [0.2, 0.25) is 0 Å². The molecule has 3 unspecified atom stereocenters. The molecule has 1 aliphatic heterocycles. The van der Waals surface area contributed by atoms with E-state index in [0.717, 1.165) is 17.9 Å². The Morgan fingerprint density at radius 3 is 2.79 bits per heavy atom. The molecule has 1 aliphatic rings. The summed E-state index contributed by atoms with van der Waals surface area (Å²) in [7, 11) is 2.22. The first-order chi connectivity index (χ1) is 6.63. The quantitative estimate of drug-likeness (QED) is 0.743. The summed E-state index contributed by atoms with van der Waals surface area (Å²) in [6.45, 7) is 10.6. The van der Waals surface area contributed by atoms with Crippen LogP contribution in [-0.4, -0.2) is 37.6 Å². The minimum Gasteiger partial charge on any atom is -0.313 e. The highest BCUT2D eigenvalue weighted by Crippen LogP contribution is 2.15. The zero-order valence-corrected chi connectivity index (χ0v) is 10.2. The lowest BCUT2D eigenvalue weighted by atomic mass is 9.93. The Morgan fingerprint density at radius 1 is 1.50 bits per heavy atom. The SMILES string of the molecule is CCC(C)CNC1CCN(C)CC1C. The molecule has 2 heteroatoms. The Labute approximate surface area is 89.1 Å². The van der Waals surface area contributed by atoms with E-state index in [2.05, 4.69) is 38.0 Å². The Kier molecular flexibility index (Phi) is 4.90. The third-order valence-electron chi connectivity index (χ3n) is 3.53. The molecule has 0 aromatic rings. The van der Waals surface area contributed by atoms with Gasteiger partial charge >= 0.3 is 0 Å². The molecule has 1 N–H and O–H groups in total. The summed E-state index contributed by atoms with van der Waals surface area (Å²) in [5.74, 6) is 1.62. The summed E-state index contributed by atoms with van der Waals surface area (Å²) < 4.78 is 0. The first kappa shape index (κ1) is 12.0. The second-order valence-corrected chi connectivity index (χ2v) is 5.06. The Balaban J connectivity index is 2.24. The van der Waals surface area contributed by atoms with Gasteiger partial charge in [0.25, 0.3) is 0 Å². The molecule has 0 bridgehead atoms. The molecule has 14 heavy (non-hydrogen) atoms. The molecule has 0 spiro atoms. The second-order valence-electron chi connectivity index (χ2n) is 5.06. The summed E-state index contributed by atoms with van der Waals surface area (Å²) in [4.78, 5) is 2.44. The van der Waals surface area contributed by atoms with Gasteiger partial charge in [-0.15, -0.1) is 0 Å². The summed E-state index contributed by atoms with van der Waals surface area (Å²) >= 11 is 0. The number of hydrogen-bond acceptors (Lipinski definition) is 2. The Bertz CT molecular complexity index is 158. The van der Waals surface area contributed by atoms with Gasteiger partial charge in [-0.25, -0.2) is 0 Å². The van der Waals surface area contributed by atoms with E-state index in [-0.39, 0.29) is 0 Å². The minimum absolute atomic E-state index is 0.750. The van der Waals surface area contributed by atoms with Crippen molar-refractivity contribution in [1.29, 1.82) is 0 Å². The predicted octanol–water partition coefficient (Wildman–Crippen LogP) is 1.96. The van der Waals surface area contributed by atoms with Gasteiger partial charge in [0, 0.05) is 12.6 Å². The molecule has 84 valence electrons. The Morgan fingerprint density at radius 2 is 2.21 bits per heavy atom. The van der Waals surface area contributed by atoms with Crippen LogP contribution in [0.25, 0.3) is 0 Å². The summed E-state index contributed by atoms with van der Waals surface area (Å²) in [5.41, 5.74) is 0. The highest BCUT2D eigenvalue weighted by atomic mass is 15.1. The van der Waals surface area contributed by atoms with Crippen molar-refractivity contribution in [1.82, 2.24) is 10.2 Å². The molecule has 1 saturated heterocycles. The number of nitrogens with zero attached hydrogens (tertiary/aromatic N) is 1. The summed E-state index contributed by atoms with van der Waals surface area (Å²) in [5, 5.41) is 3.72. The van der Waals surface area contributed by atoms with Crippen LogP contribution in [0.4, 0.5) is 0 Å². The van der Waals surface area contributed by atoms with Gasteiger partial charge in [-0.3, -0.25) is 0 Å². The van der Waals surface area contributed by atoms with Crippen molar-refractivity contribution in [3.05, 3.63) is 0 Å². The lowest BCUT2D eigenvalue weighted by molar-refractivity contribution is 0.172. The first-order valence-electron chi connectivity index (χ1n) is 6.05. The summed E-state index contributed by atoms with van der Waals surface area (Å²) in [6, 6.07) is 0.750. The van der Waals surface area contributed by atoms with Crippen LogP contribution in [-0.2, 0) is 0 Å². The highest BCUT2D eigenvalue weighted by Gasteiger charge is 2.23. The molecule has 0 amide bonds. The molecule has 0 aromatic heterocycles. The smallest absolute Gasteiger partial charge is 0.0117 e. The van der Waals surface area contributed by atoms with Crippen molar-refractivity contribution in [2.24, 2.45) is 11.8 Å². The molecule has 0 aliphatic carbocycles. The lowest BCUT2D eigenvalue weighted by Gasteiger charge is -2.35. The van der Waals surface area contributed by atoms with E-state index in [0.29, 0.717) is 0 Å². The average molecular weight is 198 g/mol. The van der Waals surface area contributed by atoms with Crippen LogP contribution in [0.2, 0.25) is 0 Å². The van der Waals surface area contributed by atoms with E-state index in [1.165, 1.54) is 32.5 Å². The molecule has 3 atom stereocenters. The summed E-state index contributed by atoms with van der Waals surface area (Å²) in [6.07, 6.45) is 2.60. The van der Waals surface area contributed by atoms with Gasteiger partial charge in [-0.2, -0.15) is 0 Å². The van der Waals surface area contributed by atoms with Crippen LogP contribution in [0.1, 0.15) is 33.6 Å². The largest absolute Gasteiger partial charge is 0.313 e. The number of hydrogen-bond donors (Lipinski definition) is 1. The van der Waals surface area contributed by atoms with Crippen LogP contribution >= 0.6 is 0 Å². The van der Waals surface area contributed by atoms with Crippen molar-refractivity contribution in [3.63, 3.8) is 0 Å². The van der Waals surface area contributed by atoms with E-state index < -0.39 is 0 Å². The Hall–Kier alpha value is -0.0800. The van der Waals surface area contributed by atoms with Gasteiger partial charge in [0.15, 0.2) is 0 Å². The van der Waals surface area contributed by atoms with E-state index in [9.17, 15) is 0 Å². The fourth-order valence-electron chi connectivity index (χ4n) is 2.15. The standard InChI is InChI=1S/C12H26N2/c1-5-10(2)8-13-12-6-7-14(4)9-11(12)3/h10-13H,5-9H2,1-4H3. The number of rotatable bonds is 4. The van der Waals surface area contributed by atoms with E-state index in [1.54, 1.807) is 0 Å². The van der Waals surface area contributed by atoms with Gasteiger partial charge < -0.3 is 10.2 Å².